The average molecular weight is 277 g/mol. The van der Waals surface area contributed by atoms with Crippen LogP contribution in [0.5, 0.6) is 0 Å². The average Bonchev–Trinajstić information content (AvgIpc) is 2.49. The van der Waals surface area contributed by atoms with E-state index in [9.17, 15) is 0 Å². The van der Waals surface area contributed by atoms with Crippen LogP contribution in [0.15, 0.2) is 42.6 Å². The largest absolute Gasteiger partial charge is 0.378 e. The fourth-order valence-electron chi connectivity index (χ4n) is 1.80. The molecular formula is C19H35N. The van der Waals surface area contributed by atoms with Crippen molar-refractivity contribution in [1.29, 1.82) is 0 Å². The van der Waals surface area contributed by atoms with Crippen molar-refractivity contribution in [2.24, 2.45) is 5.92 Å². The SMILES string of the molecule is C=C(CCc1ccccc1)N(C)CC(C)C.CC.CC. The van der Waals surface area contributed by atoms with Crippen molar-refractivity contribution in [2.75, 3.05) is 13.6 Å². The summed E-state index contributed by atoms with van der Waals surface area (Å²) in [6, 6.07) is 10.6. The van der Waals surface area contributed by atoms with Crippen LogP contribution in [0.1, 0.15) is 53.5 Å². The van der Waals surface area contributed by atoms with Crippen molar-refractivity contribution < 1.29 is 0 Å². The Morgan fingerprint density at radius 1 is 1.05 bits per heavy atom. The van der Waals surface area contributed by atoms with Crippen molar-refractivity contribution in [3.05, 3.63) is 48.2 Å². The molecule has 0 spiro atoms. The molecule has 1 heteroatoms. The molecule has 0 aromatic heterocycles. The normalized spacial score (nSPS) is 9.00. The highest BCUT2D eigenvalue weighted by Crippen LogP contribution is 2.11. The van der Waals surface area contributed by atoms with Crippen LogP contribution in [0.2, 0.25) is 0 Å². The monoisotopic (exact) mass is 277 g/mol. The van der Waals surface area contributed by atoms with Crippen molar-refractivity contribution in [1.82, 2.24) is 4.90 Å². The van der Waals surface area contributed by atoms with Crippen LogP contribution in [0.4, 0.5) is 0 Å². The summed E-state index contributed by atoms with van der Waals surface area (Å²) < 4.78 is 0. The Labute approximate surface area is 127 Å². The summed E-state index contributed by atoms with van der Waals surface area (Å²) in [4.78, 5) is 2.27. The number of rotatable bonds is 6. The molecule has 116 valence electrons. The van der Waals surface area contributed by atoms with E-state index < -0.39 is 0 Å². The maximum absolute atomic E-state index is 4.15. The van der Waals surface area contributed by atoms with Crippen LogP contribution in [0.3, 0.4) is 0 Å². The summed E-state index contributed by atoms with van der Waals surface area (Å²) in [6.07, 6.45) is 2.13. The molecule has 1 aromatic rings. The fraction of sp³-hybridized carbons (Fsp3) is 0.579. The first kappa shape index (κ1) is 21.1. The van der Waals surface area contributed by atoms with E-state index in [4.69, 9.17) is 0 Å². The molecule has 0 aliphatic rings. The number of allylic oxidation sites excluding steroid dienone is 1. The first-order valence-corrected chi connectivity index (χ1v) is 8.02. The van der Waals surface area contributed by atoms with E-state index in [0.29, 0.717) is 5.92 Å². The Morgan fingerprint density at radius 2 is 1.55 bits per heavy atom. The number of aryl methyl sites for hydroxylation is 1. The minimum Gasteiger partial charge on any atom is -0.378 e. The predicted octanol–water partition coefficient (Wildman–Crippen LogP) is 5.77. The highest BCUT2D eigenvalue weighted by Gasteiger charge is 2.04. The Balaban J connectivity index is 0. The lowest BCUT2D eigenvalue weighted by atomic mass is 10.1. The lowest BCUT2D eigenvalue weighted by molar-refractivity contribution is 0.351. The highest BCUT2D eigenvalue weighted by atomic mass is 15.1. The standard InChI is InChI=1S/C15H23N.2C2H6/c1-13(2)12-16(4)14(3)10-11-15-8-6-5-7-9-15;2*1-2/h5-9,13H,3,10-12H2,1-2,4H3;2*1-2H3. The minimum absolute atomic E-state index is 0.693. The third-order valence-electron chi connectivity index (χ3n) is 2.72. The van der Waals surface area contributed by atoms with Gasteiger partial charge >= 0.3 is 0 Å². The molecule has 0 unspecified atom stereocenters. The lowest BCUT2D eigenvalue weighted by Gasteiger charge is -2.23. The number of nitrogens with zero attached hydrogens (tertiary/aromatic N) is 1. The van der Waals surface area contributed by atoms with E-state index in [1.807, 2.05) is 27.7 Å². The van der Waals surface area contributed by atoms with Crippen LogP contribution >= 0.6 is 0 Å². The zero-order chi connectivity index (χ0) is 16.0. The summed E-state index contributed by atoms with van der Waals surface area (Å²) in [5, 5.41) is 0. The van der Waals surface area contributed by atoms with Crippen molar-refractivity contribution in [3.8, 4) is 0 Å². The van der Waals surface area contributed by atoms with Crippen LogP contribution in [-0.2, 0) is 6.42 Å². The van der Waals surface area contributed by atoms with E-state index >= 15 is 0 Å². The minimum atomic E-state index is 0.693. The van der Waals surface area contributed by atoms with E-state index in [0.717, 1.165) is 19.4 Å². The van der Waals surface area contributed by atoms with Gasteiger partial charge in [0, 0.05) is 19.3 Å². The molecule has 0 saturated carbocycles. The van der Waals surface area contributed by atoms with E-state index in [1.54, 1.807) is 0 Å². The summed E-state index contributed by atoms with van der Waals surface area (Å²) in [7, 11) is 2.13. The van der Waals surface area contributed by atoms with Gasteiger partial charge in [0.15, 0.2) is 0 Å². The number of hydrogen-bond donors (Lipinski definition) is 0. The molecule has 0 radical (unpaired) electrons. The molecule has 1 aromatic carbocycles. The van der Waals surface area contributed by atoms with Crippen LogP contribution in [0, 0.1) is 5.92 Å². The van der Waals surface area contributed by atoms with Crippen LogP contribution in [0.25, 0.3) is 0 Å². The van der Waals surface area contributed by atoms with Gasteiger partial charge in [-0.15, -0.1) is 0 Å². The van der Waals surface area contributed by atoms with Crippen molar-refractivity contribution in [3.63, 3.8) is 0 Å². The molecular weight excluding hydrogens is 242 g/mol. The van der Waals surface area contributed by atoms with E-state index in [2.05, 4.69) is 62.7 Å². The fourth-order valence-corrected chi connectivity index (χ4v) is 1.80. The molecule has 1 rings (SSSR count). The summed E-state index contributed by atoms with van der Waals surface area (Å²) >= 11 is 0. The molecule has 0 bridgehead atoms. The Kier molecular flexibility index (Phi) is 14.9. The van der Waals surface area contributed by atoms with Gasteiger partial charge in [-0.25, -0.2) is 0 Å². The molecule has 20 heavy (non-hydrogen) atoms. The molecule has 1 nitrogen and oxygen atoms in total. The van der Waals surface area contributed by atoms with Gasteiger partial charge in [-0.05, 0) is 24.3 Å². The maximum atomic E-state index is 4.15. The van der Waals surface area contributed by atoms with E-state index in [1.165, 1.54) is 11.3 Å². The third-order valence-corrected chi connectivity index (χ3v) is 2.72. The van der Waals surface area contributed by atoms with Gasteiger partial charge in [0.25, 0.3) is 0 Å². The highest BCUT2D eigenvalue weighted by molar-refractivity contribution is 5.15. The summed E-state index contributed by atoms with van der Waals surface area (Å²) in [5.74, 6) is 0.693. The van der Waals surface area contributed by atoms with Gasteiger partial charge in [-0.3, -0.25) is 0 Å². The number of hydrogen-bond acceptors (Lipinski definition) is 1. The smallest absolute Gasteiger partial charge is 0.0194 e. The zero-order valence-corrected chi connectivity index (χ0v) is 14.7. The van der Waals surface area contributed by atoms with Gasteiger partial charge in [0.05, 0.1) is 0 Å². The van der Waals surface area contributed by atoms with Crippen LogP contribution in [-0.4, -0.2) is 18.5 Å². The molecule has 0 atom stereocenters. The molecule has 0 N–H and O–H groups in total. The molecule has 0 aliphatic carbocycles. The van der Waals surface area contributed by atoms with Gasteiger partial charge in [0.2, 0.25) is 0 Å². The van der Waals surface area contributed by atoms with E-state index in [-0.39, 0.29) is 0 Å². The topological polar surface area (TPSA) is 3.24 Å². The summed E-state index contributed by atoms with van der Waals surface area (Å²) in [6.45, 7) is 17.7. The molecule has 0 fully saturated rings. The lowest BCUT2D eigenvalue weighted by Crippen LogP contribution is -2.22. The summed E-state index contributed by atoms with van der Waals surface area (Å²) in [5.41, 5.74) is 2.62. The predicted molar refractivity (Wildman–Crippen MR) is 94.1 cm³/mol. The van der Waals surface area contributed by atoms with Gasteiger partial charge in [-0.2, -0.15) is 0 Å². The Hall–Kier alpha value is -1.24. The second-order valence-corrected chi connectivity index (χ2v) is 4.83. The van der Waals surface area contributed by atoms with Gasteiger partial charge < -0.3 is 4.90 Å². The molecule has 0 saturated heterocycles. The molecule has 0 heterocycles. The van der Waals surface area contributed by atoms with Crippen molar-refractivity contribution in [2.45, 2.75) is 54.4 Å². The maximum Gasteiger partial charge on any atom is 0.0194 e. The first-order chi connectivity index (χ1) is 9.59. The van der Waals surface area contributed by atoms with Gasteiger partial charge in [-0.1, -0.05) is 78.5 Å². The second-order valence-electron chi connectivity index (χ2n) is 4.83. The van der Waals surface area contributed by atoms with Gasteiger partial charge in [0.1, 0.15) is 0 Å². The Morgan fingerprint density at radius 3 is 2.00 bits per heavy atom. The first-order valence-electron chi connectivity index (χ1n) is 8.02. The molecule has 0 aliphatic heterocycles. The molecule has 0 amide bonds. The second kappa shape index (κ2) is 14.2. The third kappa shape index (κ3) is 10.7. The zero-order valence-electron chi connectivity index (χ0n) is 14.7. The number of benzene rings is 1. The Bertz CT molecular complexity index is 314. The van der Waals surface area contributed by atoms with Crippen LogP contribution < -0.4 is 0 Å². The van der Waals surface area contributed by atoms with Crippen molar-refractivity contribution >= 4 is 0 Å². The quantitative estimate of drug-likeness (QED) is 0.637.